The Balaban J connectivity index is 2.45. The number of aromatic nitrogens is 1. The van der Waals surface area contributed by atoms with Crippen LogP contribution in [0.2, 0.25) is 0 Å². The lowest BCUT2D eigenvalue weighted by molar-refractivity contribution is 0.272. The van der Waals surface area contributed by atoms with Crippen molar-refractivity contribution in [1.29, 1.82) is 0 Å². The van der Waals surface area contributed by atoms with Crippen molar-refractivity contribution < 1.29 is 9.13 Å². The van der Waals surface area contributed by atoms with Crippen molar-refractivity contribution in [2.75, 3.05) is 13.3 Å². The van der Waals surface area contributed by atoms with Crippen molar-refractivity contribution in [3.8, 4) is 5.75 Å². The molecule has 0 saturated carbocycles. The molecule has 2 nitrogen and oxygen atoms in total. The van der Waals surface area contributed by atoms with Gasteiger partial charge in [-0.15, -0.1) is 0 Å². The van der Waals surface area contributed by atoms with Gasteiger partial charge in [0.1, 0.15) is 19.0 Å². The van der Waals surface area contributed by atoms with E-state index >= 15 is 0 Å². The molecule has 0 aliphatic heterocycles. The van der Waals surface area contributed by atoms with Crippen LogP contribution in [0.4, 0.5) is 4.39 Å². The van der Waals surface area contributed by atoms with Gasteiger partial charge < -0.3 is 4.74 Å². The number of halogens is 2. The molecule has 2 aromatic rings. The zero-order valence-electron chi connectivity index (χ0n) is 7.91. The Morgan fingerprint density at radius 3 is 3.00 bits per heavy atom. The first-order valence-electron chi connectivity index (χ1n) is 4.55. The highest BCUT2D eigenvalue weighted by atomic mass is 79.9. The van der Waals surface area contributed by atoms with Gasteiger partial charge in [0.05, 0.1) is 9.99 Å². The van der Waals surface area contributed by atoms with E-state index in [0.29, 0.717) is 5.75 Å². The summed E-state index contributed by atoms with van der Waals surface area (Å²) in [6.45, 7) is -0.427. The third-order valence-corrected chi connectivity index (χ3v) is 2.78. The van der Waals surface area contributed by atoms with Crippen molar-refractivity contribution in [2.45, 2.75) is 0 Å². The summed E-state index contributed by atoms with van der Waals surface area (Å²) in [5.74, 6) is 0.624. The average molecular weight is 270 g/mol. The molecule has 0 amide bonds. The van der Waals surface area contributed by atoms with E-state index in [9.17, 15) is 4.39 Å². The average Bonchev–Trinajstić information content (AvgIpc) is 2.29. The predicted molar refractivity (Wildman–Crippen MR) is 60.9 cm³/mol. The predicted octanol–water partition coefficient (Wildman–Crippen LogP) is 3.35. The maximum Gasteiger partial charge on any atom is 0.135 e. The minimum atomic E-state index is -0.493. The largest absolute Gasteiger partial charge is 0.490 e. The number of alkyl halides is 1. The first kappa shape index (κ1) is 10.4. The molecule has 0 unspecified atom stereocenters. The molecule has 4 heteroatoms. The standard InChI is InChI=1S/C11H9BrFNO/c12-10-9(15-7-5-13)4-3-8-2-1-6-14-11(8)10/h1-4,6H,5,7H2. The fraction of sp³-hybridized carbons (Fsp3) is 0.182. The van der Waals surface area contributed by atoms with E-state index < -0.39 is 6.67 Å². The summed E-state index contributed by atoms with van der Waals surface area (Å²) in [4.78, 5) is 4.23. The van der Waals surface area contributed by atoms with Crippen molar-refractivity contribution in [3.05, 3.63) is 34.9 Å². The molecule has 0 spiro atoms. The van der Waals surface area contributed by atoms with Gasteiger partial charge in [0.25, 0.3) is 0 Å². The zero-order chi connectivity index (χ0) is 10.7. The SMILES string of the molecule is FCCOc1ccc2cccnc2c1Br. The second-order valence-electron chi connectivity index (χ2n) is 2.99. The molecule has 0 aliphatic rings. The highest BCUT2D eigenvalue weighted by molar-refractivity contribution is 9.10. The lowest BCUT2D eigenvalue weighted by atomic mass is 10.2. The van der Waals surface area contributed by atoms with Gasteiger partial charge in [0, 0.05) is 11.6 Å². The molecule has 1 aromatic carbocycles. The van der Waals surface area contributed by atoms with Crippen LogP contribution in [0.1, 0.15) is 0 Å². The van der Waals surface area contributed by atoms with Gasteiger partial charge in [-0.05, 0) is 34.1 Å². The van der Waals surface area contributed by atoms with Gasteiger partial charge in [-0.2, -0.15) is 0 Å². The topological polar surface area (TPSA) is 22.1 Å². The number of pyridine rings is 1. The molecular weight excluding hydrogens is 261 g/mol. The van der Waals surface area contributed by atoms with Crippen molar-refractivity contribution in [2.24, 2.45) is 0 Å². The van der Waals surface area contributed by atoms with Crippen LogP contribution in [-0.4, -0.2) is 18.3 Å². The summed E-state index contributed by atoms with van der Waals surface area (Å²) in [5, 5.41) is 1.02. The molecule has 0 fully saturated rings. The van der Waals surface area contributed by atoms with Gasteiger partial charge in [0.15, 0.2) is 0 Å². The number of ether oxygens (including phenoxy) is 1. The van der Waals surface area contributed by atoms with Crippen molar-refractivity contribution >= 4 is 26.8 Å². The smallest absolute Gasteiger partial charge is 0.135 e. The Bertz CT molecular complexity index is 475. The first-order valence-corrected chi connectivity index (χ1v) is 5.34. The highest BCUT2D eigenvalue weighted by Gasteiger charge is 2.06. The summed E-state index contributed by atoms with van der Waals surface area (Å²) in [6.07, 6.45) is 1.71. The maximum absolute atomic E-state index is 12.0. The number of benzene rings is 1. The molecule has 0 saturated heterocycles. The van der Waals surface area contributed by atoms with E-state index in [1.807, 2.05) is 24.3 Å². The second-order valence-corrected chi connectivity index (χ2v) is 3.78. The number of rotatable bonds is 3. The Kier molecular flexibility index (Phi) is 3.16. The minimum absolute atomic E-state index is 0.0664. The van der Waals surface area contributed by atoms with Crippen LogP contribution >= 0.6 is 15.9 Å². The molecule has 2 rings (SSSR count). The molecule has 0 radical (unpaired) electrons. The van der Waals surface area contributed by atoms with Gasteiger partial charge in [0.2, 0.25) is 0 Å². The Labute approximate surface area is 95.2 Å². The molecule has 1 heterocycles. The van der Waals surface area contributed by atoms with Gasteiger partial charge in [-0.1, -0.05) is 6.07 Å². The van der Waals surface area contributed by atoms with Crippen molar-refractivity contribution in [1.82, 2.24) is 4.98 Å². The lowest BCUT2D eigenvalue weighted by Gasteiger charge is -2.07. The van der Waals surface area contributed by atoms with Crippen LogP contribution in [0, 0.1) is 0 Å². The molecule has 0 aliphatic carbocycles. The number of hydrogen-bond acceptors (Lipinski definition) is 2. The Morgan fingerprint density at radius 2 is 2.20 bits per heavy atom. The highest BCUT2D eigenvalue weighted by Crippen LogP contribution is 2.31. The van der Waals surface area contributed by atoms with Crippen LogP contribution in [0.15, 0.2) is 34.9 Å². The fourth-order valence-corrected chi connectivity index (χ4v) is 1.93. The van der Waals surface area contributed by atoms with Gasteiger partial charge in [-0.3, -0.25) is 4.98 Å². The molecule has 0 atom stereocenters. The first-order chi connectivity index (χ1) is 7.33. The monoisotopic (exact) mass is 269 g/mol. The molecular formula is C11H9BrFNO. The number of fused-ring (bicyclic) bond motifs is 1. The Morgan fingerprint density at radius 1 is 1.33 bits per heavy atom. The molecule has 0 N–H and O–H groups in total. The third-order valence-electron chi connectivity index (χ3n) is 2.01. The van der Waals surface area contributed by atoms with Crippen LogP contribution in [0.25, 0.3) is 10.9 Å². The zero-order valence-corrected chi connectivity index (χ0v) is 9.50. The van der Waals surface area contributed by atoms with Gasteiger partial charge in [-0.25, -0.2) is 4.39 Å². The van der Waals surface area contributed by atoms with E-state index in [0.717, 1.165) is 15.4 Å². The Hall–Kier alpha value is -1.16. The van der Waals surface area contributed by atoms with E-state index in [1.165, 1.54) is 0 Å². The summed E-state index contributed by atoms with van der Waals surface area (Å²) in [7, 11) is 0. The van der Waals surface area contributed by atoms with E-state index in [2.05, 4.69) is 20.9 Å². The molecule has 0 bridgehead atoms. The van der Waals surface area contributed by atoms with E-state index in [-0.39, 0.29) is 6.61 Å². The number of nitrogens with zero attached hydrogens (tertiary/aromatic N) is 1. The molecule has 78 valence electrons. The summed E-state index contributed by atoms with van der Waals surface area (Å²) in [6, 6.07) is 7.55. The summed E-state index contributed by atoms with van der Waals surface area (Å²) < 4.78 is 18.0. The summed E-state index contributed by atoms with van der Waals surface area (Å²) >= 11 is 3.40. The number of hydrogen-bond donors (Lipinski definition) is 0. The minimum Gasteiger partial charge on any atom is -0.490 e. The third kappa shape index (κ3) is 2.09. The van der Waals surface area contributed by atoms with E-state index in [1.54, 1.807) is 6.20 Å². The quantitative estimate of drug-likeness (QED) is 0.853. The lowest BCUT2D eigenvalue weighted by Crippen LogP contribution is -1.99. The van der Waals surface area contributed by atoms with E-state index in [4.69, 9.17) is 4.74 Å². The fourth-order valence-electron chi connectivity index (χ4n) is 1.35. The molecule has 1 aromatic heterocycles. The van der Waals surface area contributed by atoms with Crippen LogP contribution < -0.4 is 4.74 Å². The van der Waals surface area contributed by atoms with Crippen molar-refractivity contribution in [3.63, 3.8) is 0 Å². The second kappa shape index (κ2) is 4.57. The van der Waals surface area contributed by atoms with Gasteiger partial charge >= 0.3 is 0 Å². The maximum atomic E-state index is 12.0. The van der Waals surface area contributed by atoms with Crippen LogP contribution in [0.5, 0.6) is 5.75 Å². The molecule has 15 heavy (non-hydrogen) atoms. The summed E-state index contributed by atoms with van der Waals surface area (Å²) in [5.41, 5.74) is 0.828. The van der Waals surface area contributed by atoms with Crippen LogP contribution in [0.3, 0.4) is 0 Å². The normalized spacial score (nSPS) is 10.5. The van der Waals surface area contributed by atoms with Crippen LogP contribution in [-0.2, 0) is 0 Å².